The van der Waals surface area contributed by atoms with Crippen LogP contribution in [-0.4, -0.2) is 34.3 Å². The Morgan fingerprint density at radius 3 is 1.78 bits per heavy atom. The Balaban J connectivity index is 1.77. The highest BCUT2D eigenvalue weighted by atomic mass is 16.5. The van der Waals surface area contributed by atoms with Crippen LogP contribution in [0.5, 0.6) is 23.0 Å². The van der Waals surface area contributed by atoms with Crippen molar-refractivity contribution in [3.05, 3.63) is 113 Å². The van der Waals surface area contributed by atoms with E-state index in [4.69, 9.17) is 18.9 Å². The summed E-state index contributed by atoms with van der Waals surface area (Å²) < 4.78 is 22.1. The molecular weight excluding hydrogens is 466 g/mol. The first-order chi connectivity index (χ1) is 18.1. The molecule has 0 radical (unpaired) electrons. The fourth-order valence-corrected chi connectivity index (χ4v) is 5.13. The van der Waals surface area contributed by atoms with Gasteiger partial charge in [0.25, 0.3) is 0 Å². The number of carbonyl (C=O) groups excluding carboxylic acids is 1. The number of fused-ring (bicyclic) bond motifs is 1. The van der Waals surface area contributed by atoms with Gasteiger partial charge in [0.1, 0.15) is 0 Å². The summed E-state index contributed by atoms with van der Waals surface area (Å²) in [4.78, 5) is 16.4. The molecule has 0 saturated heterocycles. The van der Waals surface area contributed by atoms with Gasteiger partial charge in [-0.25, -0.2) is 0 Å². The number of hydrogen-bond donors (Lipinski definition) is 0. The maximum atomic E-state index is 14.5. The Kier molecular flexibility index (Phi) is 6.73. The Morgan fingerprint density at radius 2 is 1.14 bits per heavy atom. The predicted molar refractivity (Wildman–Crippen MR) is 143 cm³/mol. The zero-order valence-electron chi connectivity index (χ0n) is 21.3. The number of ether oxygens (including phenoxy) is 4. The Morgan fingerprint density at radius 1 is 0.568 bits per heavy atom. The second-order valence-electron chi connectivity index (χ2n) is 8.74. The lowest BCUT2D eigenvalue weighted by molar-refractivity contribution is -0.120. The maximum absolute atomic E-state index is 14.5. The molecule has 4 aromatic rings. The van der Waals surface area contributed by atoms with Crippen molar-refractivity contribution in [1.82, 2.24) is 0 Å². The maximum Gasteiger partial charge on any atom is 0.239 e. The first-order valence-corrected chi connectivity index (χ1v) is 12.0. The molecule has 1 heterocycles. The summed E-state index contributed by atoms with van der Waals surface area (Å²) in [7, 11) is 6.40. The van der Waals surface area contributed by atoms with Crippen LogP contribution in [0.4, 0.5) is 5.69 Å². The van der Waals surface area contributed by atoms with Crippen molar-refractivity contribution >= 4 is 11.6 Å². The summed E-state index contributed by atoms with van der Waals surface area (Å²) in [6.07, 6.45) is 0. The van der Waals surface area contributed by atoms with E-state index in [9.17, 15) is 4.79 Å². The molecule has 0 aromatic heterocycles. The summed E-state index contributed by atoms with van der Waals surface area (Å²) in [6.45, 7) is 0. The van der Waals surface area contributed by atoms with Crippen LogP contribution in [0, 0.1) is 0 Å². The molecule has 37 heavy (non-hydrogen) atoms. The lowest BCUT2D eigenvalue weighted by Crippen LogP contribution is -2.44. The third-order valence-electron chi connectivity index (χ3n) is 6.85. The number of hydrogen-bond acceptors (Lipinski definition) is 5. The molecule has 2 atom stereocenters. The number of nitrogens with zero attached hydrogens (tertiary/aromatic N) is 1. The molecule has 1 aliphatic rings. The molecule has 6 heteroatoms. The van der Waals surface area contributed by atoms with E-state index in [1.54, 1.807) is 28.4 Å². The molecule has 0 N–H and O–H groups in total. The topological polar surface area (TPSA) is 57.2 Å². The minimum absolute atomic E-state index is 0.0306. The second kappa shape index (κ2) is 10.3. The van der Waals surface area contributed by atoms with E-state index in [-0.39, 0.29) is 5.91 Å². The van der Waals surface area contributed by atoms with Crippen LogP contribution < -0.4 is 23.8 Å². The van der Waals surface area contributed by atoms with Crippen molar-refractivity contribution in [2.75, 3.05) is 33.3 Å². The van der Waals surface area contributed by atoms with E-state index in [1.165, 1.54) is 0 Å². The molecule has 0 saturated carbocycles. The van der Waals surface area contributed by atoms with Crippen molar-refractivity contribution in [1.29, 1.82) is 0 Å². The zero-order valence-corrected chi connectivity index (χ0v) is 21.3. The largest absolute Gasteiger partial charge is 0.493 e. The van der Waals surface area contributed by atoms with Crippen molar-refractivity contribution in [2.24, 2.45) is 0 Å². The van der Waals surface area contributed by atoms with Crippen LogP contribution in [0.3, 0.4) is 0 Å². The Hall–Kier alpha value is -4.45. The molecular formula is C31H29NO5. The average Bonchev–Trinajstić information content (AvgIpc) is 2.96. The fraction of sp³-hybridized carbons (Fsp3) is 0.194. The highest BCUT2D eigenvalue weighted by Crippen LogP contribution is 2.47. The van der Waals surface area contributed by atoms with Gasteiger partial charge in [-0.15, -0.1) is 0 Å². The van der Waals surface area contributed by atoms with Gasteiger partial charge in [-0.3, -0.25) is 9.69 Å². The normalized spacial score (nSPS) is 16.6. The minimum Gasteiger partial charge on any atom is -0.493 e. The molecule has 0 fully saturated rings. The number of benzene rings is 4. The van der Waals surface area contributed by atoms with Crippen LogP contribution in [0.15, 0.2) is 91.0 Å². The Bertz CT molecular complexity index is 1420. The van der Waals surface area contributed by atoms with Gasteiger partial charge in [0.2, 0.25) is 5.91 Å². The fourth-order valence-electron chi connectivity index (χ4n) is 5.13. The third kappa shape index (κ3) is 4.25. The second-order valence-corrected chi connectivity index (χ2v) is 8.74. The first-order valence-electron chi connectivity index (χ1n) is 12.0. The summed E-state index contributed by atoms with van der Waals surface area (Å²) >= 11 is 0. The molecule has 5 rings (SSSR count). The monoisotopic (exact) mass is 495 g/mol. The van der Waals surface area contributed by atoms with E-state index in [1.807, 2.05) is 89.8 Å². The van der Waals surface area contributed by atoms with Gasteiger partial charge in [0, 0.05) is 11.8 Å². The van der Waals surface area contributed by atoms with Gasteiger partial charge in [-0.2, -0.15) is 0 Å². The number of carbonyl (C=O) groups is 1. The molecule has 0 bridgehead atoms. The van der Waals surface area contributed by atoms with Gasteiger partial charge >= 0.3 is 0 Å². The molecule has 0 unspecified atom stereocenters. The SMILES string of the molecule is COc1ccc([C@H]2c3ccccc3[C@H](c3ccccc3)C(=O)N2c2ccc(OC)c(OC)c2)cc1OC. The van der Waals surface area contributed by atoms with Gasteiger partial charge in [-0.1, -0.05) is 60.7 Å². The third-order valence-corrected chi connectivity index (χ3v) is 6.85. The molecule has 4 aromatic carbocycles. The van der Waals surface area contributed by atoms with Crippen molar-refractivity contribution in [3.8, 4) is 23.0 Å². The average molecular weight is 496 g/mol. The summed E-state index contributed by atoms with van der Waals surface area (Å²) in [6, 6.07) is 29.0. The standard InChI is InChI=1S/C31H29NO5/c1-34-25-16-14-21(18-27(25)36-3)30-24-13-9-8-12-23(24)29(20-10-6-5-7-11-20)31(33)32(30)22-15-17-26(35-2)28(19-22)37-4/h5-19,29-30H,1-4H3/t29-,30-/m0/s1. The lowest BCUT2D eigenvalue weighted by atomic mass is 9.78. The Labute approximate surface area is 217 Å². The van der Waals surface area contributed by atoms with E-state index in [2.05, 4.69) is 6.07 Å². The summed E-state index contributed by atoms with van der Waals surface area (Å²) in [5.74, 6) is 1.88. The quantitative estimate of drug-likeness (QED) is 0.315. The minimum atomic E-state index is -0.457. The van der Waals surface area contributed by atoms with Crippen LogP contribution in [0.2, 0.25) is 0 Å². The van der Waals surface area contributed by atoms with E-state index < -0.39 is 12.0 Å². The number of amides is 1. The highest BCUT2D eigenvalue weighted by molar-refractivity contribution is 6.03. The number of rotatable bonds is 7. The molecule has 0 spiro atoms. The smallest absolute Gasteiger partial charge is 0.239 e. The van der Waals surface area contributed by atoms with Gasteiger partial charge < -0.3 is 18.9 Å². The van der Waals surface area contributed by atoms with Crippen LogP contribution >= 0.6 is 0 Å². The van der Waals surface area contributed by atoms with Gasteiger partial charge in [-0.05, 0) is 46.5 Å². The van der Waals surface area contributed by atoms with E-state index >= 15 is 0 Å². The van der Waals surface area contributed by atoms with Gasteiger partial charge in [0.05, 0.1) is 40.4 Å². The lowest BCUT2D eigenvalue weighted by Gasteiger charge is -2.41. The molecule has 6 nitrogen and oxygen atoms in total. The summed E-state index contributed by atoms with van der Waals surface area (Å²) in [5.41, 5.74) is 4.57. The summed E-state index contributed by atoms with van der Waals surface area (Å²) in [5, 5.41) is 0. The number of methoxy groups -OCH3 is 4. The van der Waals surface area contributed by atoms with Crippen molar-refractivity contribution in [2.45, 2.75) is 12.0 Å². The van der Waals surface area contributed by atoms with E-state index in [0.29, 0.717) is 28.7 Å². The number of anilines is 1. The van der Waals surface area contributed by atoms with Crippen LogP contribution in [0.1, 0.15) is 34.2 Å². The molecule has 1 aliphatic heterocycles. The molecule has 188 valence electrons. The molecule has 1 amide bonds. The predicted octanol–water partition coefficient (Wildman–Crippen LogP) is 5.99. The van der Waals surface area contributed by atoms with Crippen LogP contribution in [-0.2, 0) is 4.79 Å². The van der Waals surface area contributed by atoms with E-state index in [0.717, 1.165) is 22.3 Å². The van der Waals surface area contributed by atoms with Gasteiger partial charge in [0.15, 0.2) is 23.0 Å². The van der Waals surface area contributed by atoms with Crippen molar-refractivity contribution < 1.29 is 23.7 Å². The molecule has 0 aliphatic carbocycles. The van der Waals surface area contributed by atoms with Crippen molar-refractivity contribution in [3.63, 3.8) is 0 Å². The first kappa shape index (κ1) is 24.3. The highest BCUT2D eigenvalue weighted by Gasteiger charge is 2.42. The van der Waals surface area contributed by atoms with Crippen LogP contribution in [0.25, 0.3) is 0 Å². The zero-order chi connectivity index (χ0) is 25.9.